The van der Waals surface area contributed by atoms with Crippen molar-refractivity contribution in [2.75, 3.05) is 13.6 Å². The minimum absolute atomic E-state index is 0.0863. The molecule has 15 heavy (non-hydrogen) atoms. The van der Waals surface area contributed by atoms with Gasteiger partial charge >= 0.3 is 6.18 Å². The summed E-state index contributed by atoms with van der Waals surface area (Å²) in [6.07, 6.45) is -3.71. The molecular formula is C10H11BrF3N. The van der Waals surface area contributed by atoms with Crippen LogP contribution in [0.25, 0.3) is 0 Å². The summed E-state index contributed by atoms with van der Waals surface area (Å²) in [6.45, 7) is 0.666. The Bertz CT molecular complexity index is 336. The second-order valence-electron chi connectivity index (χ2n) is 3.17. The minimum Gasteiger partial charge on any atom is -0.319 e. The predicted octanol–water partition coefficient (Wildman–Crippen LogP) is 3.23. The summed E-state index contributed by atoms with van der Waals surface area (Å²) in [5, 5.41) is 2.90. The molecule has 1 nitrogen and oxygen atoms in total. The van der Waals surface area contributed by atoms with Crippen molar-refractivity contribution in [3.8, 4) is 0 Å². The molecule has 5 heteroatoms. The summed E-state index contributed by atoms with van der Waals surface area (Å²) < 4.78 is 37.6. The number of rotatable bonds is 3. The summed E-state index contributed by atoms with van der Waals surface area (Å²) in [6, 6.07) is 4.31. The average Bonchev–Trinajstić information content (AvgIpc) is 2.15. The number of alkyl halides is 3. The smallest absolute Gasteiger partial charge is 0.319 e. The van der Waals surface area contributed by atoms with Crippen LogP contribution < -0.4 is 5.32 Å². The maximum atomic E-state index is 12.5. The minimum atomic E-state index is -4.30. The van der Waals surface area contributed by atoms with E-state index in [9.17, 15) is 13.2 Å². The molecule has 1 aromatic carbocycles. The van der Waals surface area contributed by atoms with E-state index in [1.165, 1.54) is 12.1 Å². The highest BCUT2D eigenvalue weighted by Gasteiger charge is 2.32. The van der Waals surface area contributed by atoms with Crippen LogP contribution in [0.1, 0.15) is 11.1 Å². The fraction of sp³-hybridized carbons (Fsp3) is 0.400. The van der Waals surface area contributed by atoms with Crippen molar-refractivity contribution in [2.24, 2.45) is 0 Å². The zero-order valence-electron chi connectivity index (χ0n) is 8.16. The van der Waals surface area contributed by atoms with E-state index in [-0.39, 0.29) is 4.47 Å². The van der Waals surface area contributed by atoms with Crippen LogP contribution >= 0.6 is 15.9 Å². The van der Waals surface area contributed by atoms with Gasteiger partial charge < -0.3 is 5.32 Å². The lowest BCUT2D eigenvalue weighted by Crippen LogP contribution is -2.12. The van der Waals surface area contributed by atoms with Crippen molar-refractivity contribution >= 4 is 15.9 Å². The van der Waals surface area contributed by atoms with Gasteiger partial charge in [0.25, 0.3) is 0 Å². The molecular weight excluding hydrogens is 271 g/mol. The standard InChI is InChI=1S/C10H11BrF3N/c1-15-5-4-7-2-3-9(11)8(6-7)10(12,13)14/h2-3,6,15H,4-5H2,1H3. The number of halogens is 4. The third-order valence-corrected chi connectivity index (χ3v) is 2.69. The van der Waals surface area contributed by atoms with Gasteiger partial charge in [0.1, 0.15) is 0 Å². The van der Waals surface area contributed by atoms with Gasteiger partial charge in [-0.15, -0.1) is 0 Å². The summed E-state index contributed by atoms with van der Waals surface area (Å²) in [5.41, 5.74) is 0.0657. The molecule has 0 saturated heterocycles. The first-order chi connectivity index (χ1) is 6.95. The van der Waals surface area contributed by atoms with E-state index < -0.39 is 11.7 Å². The third-order valence-electron chi connectivity index (χ3n) is 2.00. The fourth-order valence-electron chi connectivity index (χ4n) is 1.21. The molecule has 0 amide bonds. The number of hydrogen-bond acceptors (Lipinski definition) is 1. The Morgan fingerprint density at radius 1 is 1.33 bits per heavy atom. The van der Waals surface area contributed by atoms with Crippen LogP contribution in [0.4, 0.5) is 13.2 Å². The second-order valence-corrected chi connectivity index (χ2v) is 4.02. The summed E-state index contributed by atoms with van der Waals surface area (Å²) in [4.78, 5) is 0. The van der Waals surface area contributed by atoms with Crippen molar-refractivity contribution < 1.29 is 13.2 Å². The van der Waals surface area contributed by atoms with Crippen LogP contribution in [0.15, 0.2) is 22.7 Å². The Hall–Kier alpha value is -0.550. The van der Waals surface area contributed by atoms with Gasteiger partial charge in [-0.25, -0.2) is 0 Å². The van der Waals surface area contributed by atoms with Crippen LogP contribution in [0.2, 0.25) is 0 Å². The molecule has 0 saturated carbocycles. The molecule has 0 unspecified atom stereocenters. The first kappa shape index (κ1) is 12.5. The molecule has 84 valence electrons. The third kappa shape index (κ3) is 3.50. The van der Waals surface area contributed by atoms with E-state index in [1.807, 2.05) is 0 Å². The Morgan fingerprint density at radius 3 is 2.53 bits per heavy atom. The van der Waals surface area contributed by atoms with Gasteiger partial charge in [0.05, 0.1) is 5.56 Å². The lowest BCUT2D eigenvalue weighted by Gasteiger charge is -2.10. The van der Waals surface area contributed by atoms with Crippen LogP contribution in [-0.4, -0.2) is 13.6 Å². The predicted molar refractivity (Wildman–Crippen MR) is 56.8 cm³/mol. The topological polar surface area (TPSA) is 12.0 Å². The average molecular weight is 282 g/mol. The first-order valence-electron chi connectivity index (χ1n) is 4.45. The van der Waals surface area contributed by atoms with Gasteiger partial charge in [0, 0.05) is 4.47 Å². The van der Waals surface area contributed by atoms with Crippen LogP contribution in [0, 0.1) is 0 Å². The van der Waals surface area contributed by atoms with Gasteiger partial charge in [-0.1, -0.05) is 22.0 Å². The van der Waals surface area contributed by atoms with Crippen molar-refractivity contribution in [1.82, 2.24) is 5.32 Å². The molecule has 0 heterocycles. The van der Waals surface area contributed by atoms with Gasteiger partial charge in [-0.3, -0.25) is 0 Å². The maximum absolute atomic E-state index is 12.5. The Kier molecular flexibility index (Phi) is 4.16. The quantitative estimate of drug-likeness (QED) is 0.897. The van der Waals surface area contributed by atoms with Crippen molar-refractivity contribution in [3.63, 3.8) is 0 Å². The van der Waals surface area contributed by atoms with Crippen molar-refractivity contribution in [3.05, 3.63) is 33.8 Å². The van der Waals surface area contributed by atoms with Crippen LogP contribution in [0.5, 0.6) is 0 Å². The molecule has 0 radical (unpaired) electrons. The van der Waals surface area contributed by atoms with Crippen LogP contribution in [0.3, 0.4) is 0 Å². The normalized spacial score (nSPS) is 11.8. The Morgan fingerprint density at radius 2 is 2.00 bits per heavy atom. The highest BCUT2D eigenvalue weighted by molar-refractivity contribution is 9.10. The van der Waals surface area contributed by atoms with E-state index in [0.717, 1.165) is 0 Å². The molecule has 0 fully saturated rings. The summed E-state index contributed by atoms with van der Waals surface area (Å²) >= 11 is 2.90. The van der Waals surface area contributed by atoms with Crippen molar-refractivity contribution in [2.45, 2.75) is 12.6 Å². The van der Waals surface area contributed by atoms with E-state index in [2.05, 4.69) is 21.2 Å². The van der Waals surface area contributed by atoms with Gasteiger partial charge in [-0.2, -0.15) is 13.2 Å². The van der Waals surface area contributed by atoms with Crippen LogP contribution in [-0.2, 0) is 12.6 Å². The van der Waals surface area contributed by atoms with E-state index in [1.54, 1.807) is 13.1 Å². The van der Waals surface area contributed by atoms with E-state index in [4.69, 9.17) is 0 Å². The van der Waals surface area contributed by atoms with Gasteiger partial charge in [0.2, 0.25) is 0 Å². The fourth-order valence-corrected chi connectivity index (χ4v) is 1.69. The number of hydrogen-bond donors (Lipinski definition) is 1. The first-order valence-corrected chi connectivity index (χ1v) is 5.24. The highest BCUT2D eigenvalue weighted by atomic mass is 79.9. The monoisotopic (exact) mass is 281 g/mol. The maximum Gasteiger partial charge on any atom is 0.417 e. The molecule has 1 aromatic rings. The second kappa shape index (κ2) is 4.99. The molecule has 0 aromatic heterocycles. The van der Waals surface area contributed by atoms with E-state index >= 15 is 0 Å². The number of nitrogens with one attached hydrogen (secondary N) is 1. The SMILES string of the molecule is CNCCc1ccc(Br)c(C(F)(F)F)c1. The molecule has 0 spiro atoms. The molecule has 0 aliphatic carbocycles. The lowest BCUT2D eigenvalue weighted by atomic mass is 10.1. The number of benzene rings is 1. The molecule has 0 aliphatic rings. The molecule has 0 atom stereocenters. The molecule has 0 aliphatic heterocycles. The Balaban J connectivity index is 2.95. The van der Waals surface area contributed by atoms with Gasteiger partial charge in [0.15, 0.2) is 0 Å². The zero-order valence-corrected chi connectivity index (χ0v) is 9.74. The molecule has 1 rings (SSSR count). The molecule has 0 bridgehead atoms. The lowest BCUT2D eigenvalue weighted by molar-refractivity contribution is -0.138. The Labute approximate surface area is 94.8 Å². The van der Waals surface area contributed by atoms with Gasteiger partial charge in [-0.05, 0) is 37.7 Å². The number of likely N-dealkylation sites (N-methyl/N-ethyl adjacent to an activating group) is 1. The van der Waals surface area contributed by atoms with E-state index in [0.29, 0.717) is 18.5 Å². The summed E-state index contributed by atoms with van der Waals surface area (Å²) in [7, 11) is 1.77. The van der Waals surface area contributed by atoms with Crippen molar-refractivity contribution in [1.29, 1.82) is 0 Å². The molecule has 1 N–H and O–H groups in total. The highest BCUT2D eigenvalue weighted by Crippen LogP contribution is 2.35. The largest absolute Gasteiger partial charge is 0.417 e. The summed E-state index contributed by atoms with van der Waals surface area (Å²) in [5.74, 6) is 0. The zero-order chi connectivity index (χ0) is 11.5.